The minimum absolute atomic E-state index is 0.106. The molecule has 1 aromatic heterocycles. The van der Waals surface area contributed by atoms with Gasteiger partial charge in [0.1, 0.15) is 6.04 Å². The number of nitro groups is 1. The Morgan fingerprint density at radius 3 is 2.86 bits per heavy atom. The third kappa shape index (κ3) is 3.31. The highest BCUT2D eigenvalue weighted by Gasteiger charge is 2.36. The summed E-state index contributed by atoms with van der Waals surface area (Å²) in [7, 11) is 0. The molecule has 1 aliphatic heterocycles. The van der Waals surface area contributed by atoms with E-state index in [9.17, 15) is 19.7 Å². The van der Waals surface area contributed by atoms with Crippen LogP contribution in [0.2, 0.25) is 0 Å². The molecule has 0 radical (unpaired) electrons. The molecule has 0 spiro atoms. The van der Waals surface area contributed by atoms with Crippen LogP contribution < -0.4 is 5.32 Å². The molecule has 28 heavy (non-hydrogen) atoms. The molecule has 1 atom stereocenters. The molecule has 9 heteroatoms. The SMILES string of the molecule is O=C(Nc1cccc([N+](=O)[O-])c1)C1CSCN1C(=O)c1c[nH]c2ccccc12. The van der Waals surface area contributed by atoms with Crippen molar-refractivity contribution >= 4 is 45.9 Å². The molecule has 2 amide bonds. The van der Waals surface area contributed by atoms with Gasteiger partial charge in [0.2, 0.25) is 5.91 Å². The van der Waals surface area contributed by atoms with Crippen molar-refractivity contribution in [2.45, 2.75) is 6.04 Å². The summed E-state index contributed by atoms with van der Waals surface area (Å²) in [6.07, 6.45) is 1.66. The highest BCUT2D eigenvalue weighted by atomic mass is 32.2. The van der Waals surface area contributed by atoms with Gasteiger partial charge in [0.05, 0.1) is 16.4 Å². The van der Waals surface area contributed by atoms with Gasteiger partial charge in [0.15, 0.2) is 0 Å². The van der Waals surface area contributed by atoms with Gasteiger partial charge in [0.25, 0.3) is 11.6 Å². The highest BCUT2D eigenvalue weighted by molar-refractivity contribution is 7.99. The number of amides is 2. The van der Waals surface area contributed by atoms with E-state index < -0.39 is 11.0 Å². The van der Waals surface area contributed by atoms with Crippen LogP contribution in [0.4, 0.5) is 11.4 Å². The van der Waals surface area contributed by atoms with Crippen LogP contribution >= 0.6 is 11.8 Å². The first-order chi connectivity index (χ1) is 13.5. The molecule has 2 N–H and O–H groups in total. The van der Waals surface area contributed by atoms with Gasteiger partial charge in [-0.2, -0.15) is 0 Å². The number of rotatable bonds is 4. The Balaban J connectivity index is 1.54. The minimum atomic E-state index is -0.648. The Labute approximate surface area is 164 Å². The van der Waals surface area contributed by atoms with Crippen LogP contribution in [0.25, 0.3) is 10.9 Å². The Kier molecular flexibility index (Phi) is 4.74. The van der Waals surface area contributed by atoms with Gasteiger partial charge in [-0.15, -0.1) is 11.8 Å². The second kappa shape index (κ2) is 7.35. The van der Waals surface area contributed by atoms with Crippen molar-refractivity contribution in [2.75, 3.05) is 16.9 Å². The number of fused-ring (bicyclic) bond motifs is 1. The number of carbonyl (C=O) groups is 2. The number of aromatic nitrogens is 1. The summed E-state index contributed by atoms with van der Waals surface area (Å²) in [6.45, 7) is 0. The van der Waals surface area contributed by atoms with E-state index in [1.165, 1.54) is 34.9 Å². The van der Waals surface area contributed by atoms with Crippen molar-refractivity contribution in [3.8, 4) is 0 Å². The van der Waals surface area contributed by atoms with Crippen molar-refractivity contribution in [1.29, 1.82) is 0 Å². The number of nitrogens with one attached hydrogen (secondary N) is 2. The number of nitro benzene ring substituents is 1. The second-order valence-corrected chi connectivity index (χ2v) is 7.34. The van der Waals surface area contributed by atoms with Gasteiger partial charge >= 0.3 is 0 Å². The molecule has 1 fully saturated rings. The molecule has 1 saturated heterocycles. The molecule has 2 aromatic carbocycles. The van der Waals surface area contributed by atoms with Crippen LogP contribution in [0, 0.1) is 10.1 Å². The first kappa shape index (κ1) is 18.1. The average molecular weight is 396 g/mol. The van der Waals surface area contributed by atoms with Gasteiger partial charge in [-0.1, -0.05) is 24.3 Å². The van der Waals surface area contributed by atoms with E-state index in [0.717, 1.165) is 10.9 Å². The van der Waals surface area contributed by atoms with Gasteiger partial charge in [-0.25, -0.2) is 0 Å². The molecule has 142 valence electrons. The van der Waals surface area contributed by atoms with Crippen LogP contribution in [-0.2, 0) is 4.79 Å². The van der Waals surface area contributed by atoms with Crippen molar-refractivity contribution in [3.05, 3.63) is 70.4 Å². The van der Waals surface area contributed by atoms with E-state index >= 15 is 0 Å². The molecular weight excluding hydrogens is 380 g/mol. The third-order valence-corrected chi connectivity index (χ3v) is 5.60. The Hall–Kier alpha value is -3.33. The maximum atomic E-state index is 13.1. The third-order valence-electron chi connectivity index (χ3n) is 4.59. The zero-order valence-electron chi connectivity index (χ0n) is 14.6. The average Bonchev–Trinajstić information content (AvgIpc) is 3.35. The predicted octanol–water partition coefficient (Wildman–Crippen LogP) is 3.23. The van der Waals surface area contributed by atoms with Crippen molar-refractivity contribution < 1.29 is 14.5 Å². The van der Waals surface area contributed by atoms with Crippen molar-refractivity contribution in [1.82, 2.24) is 9.88 Å². The monoisotopic (exact) mass is 396 g/mol. The lowest BCUT2D eigenvalue weighted by Crippen LogP contribution is -2.44. The molecule has 4 rings (SSSR count). The lowest BCUT2D eigenvalue weighted by Gasteiger charge is -2.23. The van der Waals surface area contributed by atoms with E-state index in [1.807, 2.05) is 24.3 Å². The number of carbonyl (C=O) groups excluding carboxylic acids is 2. The van der Waals surface area contributed by atoms with Crippen LogP contribution in [0.5, 0.6) is 0 Å². The number of aromatic amines is 1. The highest BCUT2D eigenvalue weighted by Crippen LogP contribution is 2.27. The smallest absolute Gasteiger partial charge is 0.271 e. The number of non-ortho nitro benzene ring substituents is 1. The summed E-state index contributed by atoms with van der Waals surface area (Å²) in [5, 5.41) is 14.4. The van der Waals surface area contributed by atoms with E-state index in [0.29, 0.717) is 22.9 Å². The summed E-state index contributed by atoms with van der Waals surface area (Å²) in [6, 6.07) is 12.6. The lowest BCUT2D eigenvalue weighted by molar-refractivity contribution is -0.384. The maximum Gasteiger partial charge on any atom is 0.271 e. The van der Waals surface area contributed by atoms with E-state index in [1.54, 1.807) is 12.3 Å². The quantitative estimate of drug-likeness (QED) is 0.520. The number of nitrogens with zero attached hydrogens (tertiary/aromatic N) is 2. The van der Waals surface area contributed by atoms with E-state index in [4.69, 9.17) is 0 Å². The number of hydrogen-bond donors (Lipinski definition) is 2. The summed E-state index contributed by atoms with van der Waals surface area (Å²) >= 11 is 1.49. The topological polar surface area (TPSA) is 108 Å². The molecule has 3 aromatic rings. The van der Waals surface area contributed by atoms with Crippen LogP contribution in [-0.4, -0.2) is 44.3 Å². The molecule has 1 aliphatic rings. The number of H-pyrrole nitrogens is 1. The molecule has 0 saturated carbocycles. The van der Waals surface area contributed by atoms with Crippen LogP contribution in [0.3, 0.4) is 0 Å². The Morgan fingerprint density at radius 1 is 1.21 bits per heavy atom. The van der Waals surface area contributed by atoms with Crippen LogP contribution in [0.15, 0.2) is 54.7 Å². The zero-order chi connectivity index (χ0) is 19.7. The van der Waals surface area contributed by atoms with Gasteiger partial charge in [0, 0.05) is 40.7 Å². The Morgan fingerprint density at radius 2 is 2.04 bits per heavy atom. The van der Waals surface area contributed by atoms with Crippen molar-refractivity contribution in [3.63, 3.8) is 0 Å². The first-order valence-electron chi connectivity index (χ1n) is 8.55. The lowest BCUT2D eigenvalue weighted by atomic mass is 10.1. The van der Waals surface area contributed by atoms with E-state index in [2.05, 4.69) is 10.3 Å². The van der Waals surface area contributed by atoms with Gasteiger partial charge in [-0.05, 0) is 12.1 Å². The number of para-hydroxylation sites is 1. The maximum absolute atomic E-state index is 13.1. The summed E-state index contributed by atoms with van der Waals surface area (Å²) in [5.41, 5.74) is 1.60. The largest absolute Gasteiger partial charge is 0.360 e. The molecule has 2 heterocycles. The van der Waals surface area contributed by atoms with E-state index in [-0.39, 0.29) is 17.5 Å². The standard InChI is InChI=1S/C19H16N4O4S/c24-18(21-12-4-3-5-13(8-12)23(26)27)17-10-28-11-22(17)19(25)15-9-20-16-7-2-1-6-14(15)16/h1-9,17,20H,10-11H2,(H,21,24). The first-order valence-corrected chi connectivity index (χ1v) is 9.70. The Bertz CT molecular complexity index is 1080. The fourth-order valence-electron chi connectivity index (χ4n) is 3.19. The predicted molar refractivity (Wildman–Crippen MR) is 107 cm³/mol. The van der Waals surface area contributed by atoms with Crippen molar-refractivity contribution in [2.24, 2.45) is 0 Å². The summed E-state index contributed by atoms with van der Waals surface area (Å²) in [4.78, 5) is 40.8. The minimum Gasteiger partial charge on any atom is -0.360 e. The zero-order valence-corrected chi connectivity index (χ0v) is 15.4. The number of hydrogen-bond acceptors (Lipinski definition) is 5. The molecule has 0 aliphatic carbocycles. The molecule has 1 unspecified atom stereocenters. The normalized spacial score (nSPS) is 16.3. The number of benzene rings is 2. The van der Waals surface area contributed by atoms with Gasteiger partial charge in [-0.3, -0.25) is 19.7 Å². The van der Waals surface area contributed by atoms with Gasteiger partial charge < -0.3 is 15.2 Å². The molecular formula is C19H16N4O4S. The second-order valence-electron chi connectivity index (χ2n) is 6.34. The fraction of sp³-hybridized carbons (Fsp3) is 0.158. The summed E-state index contributed by atoms with van der Waals surface area (Å²) in [5.74, 6) is 0.292. The summed E-state index contributed by atoms with van der Waals surface area (Å²) < 4.78 is 0. The molecule has 0 bridgehead atoms. The number of anilines is 1. The fourth-order valence-corrected chi connectivity index (χ4v) is 4.34. The number of thioether (sulfide) groups is 1. The van der Waals surface area contributed by atoms with Crippen LogP contribution in [0.1, 0.15) is 10.4 Å². The molecule has 8 nitrogen and oxygen atoms in total.